The lowest BCUT2D eigenvalue weighted by molar-refractivity contribution is 0.115. The maximum Gasteiger partial charge on any atom is 0.270 e. The molecule has 0 bridgehead atoms. The Labute approximate surface area is 147 Å². The Morgan fingerprint density at radius 3 is 3.12 bits per heavy atom. The highest BCUT2D eigenvalue weighted by Crippen LogP contribution is 2.28. The van der Waals surface area contributed by atoms with Crippen molar-refractivity contribution in [1.82, 2.24) is 20.2 Å². The van der Waals surface area contributed by atoms with Crippen molar-refractivity contribution in [1.29, 1.82) is 0 Å². The monoisotopic (exact) mass is 350 g/mol. The molecule has 2 aromatic rings. The van der Waals surface area contributed by atoms with Gasteiger partial charge in [-0.3, -0.25) is 9.69 Å². The molecule has 0 saturated carbocycles. The Kier molecular flexibility index (Phi) is 5.08. The minimum atomic E-state index is -0.0910. The first-order valence-corrected chi connectivity index (χ1v) is 8.38. The number of piperazine rings is 1. The first-order valence-electron chi connectivity index (χ1n) is 8.38. The van der Waals surface area contributed by atoms with Crippen LogP contribution in [0.25, 0.3) is 11.0 Å². The van der Waals surface area contributed by atoms with E-state index in [4.69, 9.17) is 4.74 Å². The molecule has 3 heterocycles. The number of halogens is 1. The Morgan fingerprint density at radius 2 is 2.29 bits per heavy atom. The number of aromatic amines is 1. The highest BCUT2D eigenvalue weighted by atomic mass is 35.5. The lowest BCUT2D eigenvalue weighted by Gasteiger charge is -2.38. The van der Waals surface area contributed by atoms with Gasteiger partial charge < -0.3 is 15.0 Å². The second-order valence-corrected chi connectivity index (χ2v) is 6.31. The second-order valence-electron chi connectivity index (χ2n) is 6.31. The number of rotatable bonds is 1. The van der Waals surface area contributed by atoms with Gasteiger partial charge in [-0.1, -0.05) is 6.92 Å². The van der Waals surface area contributed by atoms with Crippen molar-refractivity contribution in [3.05, 3.63) is 33.7 Å². The van der Waals surface area contributed by atoms with Crippen molar-refractivity contribution in [2.75, 3.05) is 26.2 Å². The van der Waals surface area contributed by atoms with Crippen molar-refractivity contribution in [3.8, 4) is 5.75 Å². The van der Waals surface area contributed by atoms with E-state index in [1.165, 1.54) is 0 Å². The molecule has 0 amide bonds. The molecule has 24 heavy (non-hydrogen) atoms. The zero-order valence-electron chi connectivity index (χ0n) is 13.8. The van der Waals surface area contributed by atoms with Gasteiger partial charge in [0, 0.05) is 43.9 Å². The molecule has 0 radical (unpaired) electrons. The summed E-state index contributed by atoms with van der Waals surface area (Å²) in [5, 5.41) is 3.45. The van der Waals surface area contributed by atoms with E-state index in [2.05, 4.69) is 20.2 Å². The molecule has 1 aromatic carbocycles. The van der Waals surface area contributed by atoms with E-state index in [9.17, 15) is 4.79 Å². The molecule has 0 spiro atoms. The minimum Gasteiger partial charge on any atom is -0.493 e. The van der Waals surface area contributed by atoms with E-state index < -0.39 is 0 Å². The maximum atomic E-state index is 12.0. The second kappa shape index (κ2) is 7.09. The first kappa shape index (κ1) is 17.2. The molecule has 2 aliphatic heterocycles. The van der Waals surface area contributed by atoms with Gasteiger partial charge in [0.2, 0.25) is 0 Å². The molecule has 7 heteroatoms. The van der Waals surface area contributed by atoms with Gasteiger partial charge in [-0.25, -0.2) is 4.98 Å². The van der Waals surface area contributed by atoms with Gasteiger partial charge in [0.1, 0.15) is 11.4 Å². The molecule has 0 aliphatic carbocycles. The first-order chi connectivity index (χ1) is 11.2. The zero-order chi connectivity index (χ0) is 15.8. The standard InChI is InChI=1S/C17H22N4O2.ClH/c1-2-13-17(22)20-14-7-11-10-21-5-4-18-9-12(21)3-6-23-16(11)8-15(14)19-13;/h7-8,12,18H,2-6,9-10H2,1H3,(H,20,22);1H/t12-;/m1./s1. The van der Waals surface area contributed by atoms with Crippen molar-refractivity contribution >= 4 is 23.4 Å². The average molecular weight is 351 g/mol. The van der Waals surface area contributed by atoms with Gasteiger partial charge in [-0.15, -0.1) is 12.4 Å². The largest absolute Gasteiger partial charge is 0.493 e. The summed E-state index contributed by atoms with van der Waals surface area (Å²) in [6.07, 6.45) is 1.66. The lowest BCUT2D eigenvalue weighted by Crippen LogP contribution is -2.51. The molecule has 1 saturated heterocycles. The van der Waals surface area contributed by atoms with Crippen LogP contribution in [0, 0.1) is 0 Å². The van der Waals surface area contributed by atoms with Gasteiger partial charge in [0.15, 0.2) is 0 Å². The minimum absolute atomic E-state index is 0. The van der Waals surface area contributed by atoms with Crippen molar-refractivity contribution < 1.29 is 4.74 Å². The summed E-state index contributed by atoms with van der Waals surface area (Å²) in [7, 11) is 0. The Morgan fingerprint density at radius 1 is 1.42 bits per heavy atom. The molecule has 6 nitrogen and oxygen atoms in total. The molecule has 1 atom stereocenters. The number of fused-ring (bicyclic) bond motifs is 3. The molecule has 1 fully saturated rings. The van der Waals surface area contributed by atoms with Crippen LogP contribution >= 0.6 is 12.4 Å². The normalized spacial score (nSPS) is 21.0. The fraction of sp³-hybridized carbons (Fsp3) is 0.529. The maximum absolute atomic E-state index is 12.0. The predicted molar refractivity (Wildman–Crippen MR) is 96.2 cm³/mol. The summed E-state index contributed by atoms with van der Waals surface area (Å²) in [5.74, 6) is 0.899. The Balaban J connectivity index is 0.00000169. The molecule has 1 aromatic heterocycles. The van der Waals surface area contributed by atoms with Crippen LogP contribution in [0.15, 0.2) is 16.9 Å². The zero-order valence-corrected chi connectivity index (χ0v) is 14.6. The molecule has 130 valence electrons. The number of nitrogens with zero attached hydrogens (tertiary/aromatic N) is 2. The summed E-state index contributed by atoms with van der Waals surface area (Å²) >= 11 is 0. The highest BCUT2D eigenvalue weighted by Gasteiger charge is 2.25. The van der Waals surface area contributed by atoms with Crippen LogP contribution in [0.4, 0.5) is 0 Å². The molecule has 0 unspecified atom stereocenters. The van der Waals surface area contributed by atoms with E-state index in [0.29, 0.717) is 24.8 Å². The summed E-state index contributed by atoms with van der Waals surface area (Å²) in [4.78, 5) is 22.0. The molecular weight excluding hydrogens is 328 g/mol. The Hall–Kier alpha value is -1.63. The number of aryl methyl sites for hydroxylation is 1. The molecule has 2 N–H and O–H groups in total. The van der Waals surface area contributed by atoms with Gasteiger partial charge >= 0.3 is 0 Å². The van der Waals surface area contributed by atoms with Crippen molar-refractivity contribution in [2.24, 2.45) is 0 Å². The average Bonchev–Trinajstić information content (AvgIpc) is 2.54. The topological polar surface area (TPSA) is 70.2 Å². The third-order valence-corrected chi connectivity index (χ3v) is 4.83. The fourth-order valence-electron chi connectivity index (χ4n) is 3.51. The van der Waals surface area contributed by atoms with Crippen LogP contribution in [-0.4, -0.2) is 47.2 Å². The number of benzene rings is 1. The van der Waals surface area contributed by atoms with Crippen LogP contribution in [0.5, 0.6) is 5.75 Å². The molecular formula is C17H23ClN4O2. The third kappa shape index (κ3) is 3.14. The number of H-pyrrole nitrogens is 1. The van der Waals surface area contributed by atoms with Gasteiger partial charge in [0.25, 0.3) is 5.56 Å². The van der Waals surface area contributed by atoms with Crippen LogP contribution < -0.4 is 15.6 Å². The summed E-state index contributed by atoms with van der Waals surface area (Å²) in [6.45, 7) is 6.60. The van der Waals surface area contributed by atoms with Crippen molar-refractivity contribution in [2.45, 2.75) is 32.4 Å². The van der Waals surface area contributed by atoms with Crippen LogP contribution in [0.2, 0.25) is 0 Å². The third-order valence-electron chi connectivity index (χ3n) is 4.83. The van der Waals surface area contributed by atoms with E-state index in [1.54, 1.807) is 0 Å². The van der Waals surface area contributed by atoms with E-state index in [0.717, 1.165) is 54.9 Å². The van der Waals surface area contributed by atoms with Crippen LogP contribution in [0.1, 0.15) is 24.6 Å². The number of hydrogen-bond donors (Lipinski definition) is 2. The van der Waals surface area contributed by atoms with E-state index in [1.807, 2.05) is 19.1 Å². The van der Waals surface area contributed by atoms with Gasteiger partial charge in [-0.2, -0.15) is 0 Å². The fourth-order valence-corrected chi connectivity index (χ4v) is 3.51. The lowest BCUT2D eigenvalue weighted by atomic mass is 10.1. The van der Waals surface area contributed by atoms with Crippen molar-refractivity contribution in [3.63, 3.8) is 0 Å². The quantitative estimate of drug-likeness (QED) is 0.815. The SMILES string of the molecule is CCc1nc2cc3c(cc2[nH]c1=O)CN1CCNC[C@H]1CCO3.Cl. The number of nitrogens with one attached hydrogen (secondary N) is 2. The smallest absolute Gasteiger partial charge is 0.270 e. The van der Waals surface area contributed by atoms with Crippen LogP contribution in [0.3, 0.4) is 0 Å². The number of ether oxygens (including phenoxy) is 1. The highest BCUT2D eigenvalue weighted by molar-refractivity contribution is 5.85. The van der Waals surface area contributed by atoms with Gasteiger partial charge in [-0.05, 0) is 18.9 Å². The van der Waals surface area contributed by atoms with Crippen LogP contribution in [-0.2, 0) is 13.0 Å². The summed E-state index contributed by atoms with van der Waals surface area (Å²) < 4.78 is 6.00. The number of hydrogen-bond acceptors (Lipinski definition) is 5. The van der Waals surface area contributed by atoms with E-state index in [-0.39, 0.29) is 18.0 Å². The number of aromatic nitrogens is 2. The predicted octanol–water partition coefficient (Wildman–Crippen LogP) is 1.46. The molecule has 2 aliphatic rings. The Bertz CT molecular complexity index is 792. The van der Waals surface area contributed by atoms with E-state index >= 15 is 0 Å². The molecule has 4 rings (SSSR count). The van der Waals surface area contributed by atoms with Gasteiger partial charge in [0.05, 0.1) is 17.6 Å². The summed E-state index contributed by atoms with van der Waals surface area (Å²) in [6, 6.07) is 4.53. The summed E-state index contributed by atoms with van der Waals surface area (Å²) in [5.41, 5.74) is 3.21.